The minimum Gasteiger partial charge on any atom is -0.389 e. The van der Waals surface area contributed by atoms with Crippen molar-refractivity contribution in [3.63, 3.8) is 0 Å². The molecule has 1 rings (SSSR count). The second-order valence-electron chi connectivity index (χ2n) is 2.61. The molecule has 0 aliphatic carbocycles. The SMILES string of the molecule is C[C@@H](O)c1cccc([N+](=O)[O-])c1F. The van der Waals surface area contributed by atoms with Gasteiger partial charge in [0.2, 0.25) is 5.82 Å². The monoisotopic (exact) mass is 185 g/mol. The van der Waals surface area contributed by atoms with E-state index in [0.717, 1.165) is 6.07 Å². The highest BCUT2D eigenvalue weighted by Crippen LogP contribution is 2.24. The minimum atomic E-state index is -1.04. The number of hydrogen-bond donors (Lipinski definition) is 1. The molecule has 4 nitrogen and oxygen atoms in total. The van der Waals surface area contributed by atoms with Gasteiger partial charge in [-0.2, -0.15) is 4.39 Å². The summed E-state index contributed by atoms with van der Waals surface area (Å²) in [6.07, 6.45) is -1.04. The van der Waals surface area contributed by atoms with Crippen molar-refractivity contribution in [1.82, 2.24) is 0 Å². The van der Waals surface area contributed by atoms with E-state index in [0.29, 0.717) is 0 Å². The van der Waals surface area contributed by atoms with Crippen LogP contribution < -0.4 is 0 Å². The van der Waals surface area contributed by atoms with Crippen LogP contribution in [0.1, 0.15) is 18.6 Å². The number of nitro groups is 1. The maximum Gasteiger partial charge on any atom is 0.305 e. The van der Waals surface area contributed by atoms with E-state index in [1.54, 1.807) is 0 Å². The lowest BCUT2D eigenvalue weighted by Crippen LogP contribution is -2.00. The Kier molecular flexibility index (Phi) is 2.57. The van der Waals surface area contributed by atoms with Crippen molar-refractivity contribution in [2.45, 2.75) is 13.0 Å². The largest absolute Gasteiger partial charge is 0.389 e. The zero-order valence-corrected chi connectivity index (χ0v) is 6.90. The van der Waals surface area contributed by atoms with Gasteiger partial charge in [-0.05, 0) is 6.92 Å². The Morgan fingerprint density at radius 2 is 2.23 bits per heavy atom. The van der Waals surface area contributed by atoms with Crippen molar-refractivity contribution in [1.29, 1.82) is 0 Å². The average molecular weight is 185 g/mol. The lowest BCUT2D eigenvalue weighted by molar-refractivity contribution is -0.387. The zero-order chi connectivity index (χ0) is 10.0. The van der Waals surface area contributed by atoms with E-state index in [2.05, 4.69) is 0 Å². The standard InChI is InChI=1S/C8H8FNO3/c1-5(11)6-3-2-4-7(8(6)9)10(12)13/h2-5,11H,1H3/t5-/m1/s1. The smallest absolute Gasteiger partial charge is 0.305 e. The lowest BCUT2D eigenvalue weighted by Gasteiger charge is -2.04. The normalized spacial score (nSPS) is 12.5. The summed E-state index contributed by atoms with van der Waals surface area (Å²) in [4.78, 5) is 9.46. The van der Waals surface area contributed by atoms with E-state index in [4.69, 9.17) is 5.11 Å². The number of nitrogens with zero attached hydrogens (tertiary/aromatic N) is 1. The molecule has 0 aromatic heterocycles. The number of aliphatic hydroxyl groups is 1. The van der Waals surface area contributed by atoms with E-state index >= 15 is 0 Å². The van der Waals surface area contributed by atoms with Crippen molar-refractivity contribution in [2.75, 3.05) is 0 Å². The van der Waals surface area contributed by atoms with Gasteiger partial charge in [0.05, 0.1) is 11.0 Å². The van der Waals surface area contributed by atoms with Crippen LogP contribution in [0.2, 0.25) is 0 Å². The van der Waals surface area contributed by atoms with Gasteiger partial charge in [-0.15, -0.1) is 0 Å². The quantitative estimate of drug-likeness (QED) is 0.564. The van der Waals surface area contributed by atoms with Crippen LogP contribution in [0.15, 0.2) is 18.2 Å². The van der Waals surface area contributed by atoms with E-state index in [1.807, 2.05) is 0 Å². The van der Waals surface area contributed by atoms with Gasteiger partial charge in [0.25, 0.3) is 0 Å². The molecule has 0 saturated heterocycles. The Bertz CT molecular complexity index is 338. The average Bonchev–Trinajstić information content (AvgIpc) is 2.03. The van der Waals surface area contributed by atoms with Crippen LogP contribution >= 0.6 is 0 Å². The Morgan fingerprint density at radius 1 is 1.62 bits per heavy atom. The maximum absolute atomic E-state index is 13.2. The highest BCUT2D eigenvalue weighted by molar-refractivity contribution is 5.37. The molecule has 0 fully saturated rings. The first-order valence-electron chi connectivity index (χ1n) is 3.65. The van der Waals surface area contributed by atoms with Gasteiger partial charge in [0.15, 0.2) is 0 Å². The van der Waals surface area contributed by atoms with Crippen LogP contribution in [0.4, 0.5) is 10.1 Å². The number of halogens is 1. The Labute approximate surface area is 73.8 Å². The molecule has 0 amide bonds. The molecule has 1 aromatic rings. The van der Waals surface area contributed by atoms with Crippen molar-refractivity contribution < 1.29 is 14.4 Å². The molecule has 1 N–H and O–H groups in total. The van der Waals surface area contributed by atoms with E-state index in [1.165, 1.54) is 19.1 Å². The van der Waals surface area contributed by atoms with Gasteiger partial charge in [0.1, 0.15) is 0 Å². The summed E-state index contributed by atoms with van der Waals surface area (Å²) in [5.74, 6) is -0.970. The molecule has 0 spiro atoms. The third-order valence-corrected chi connectivity index (χ3v) is 1.65. The summed E-state index contributed by atoms with van der Waals surface area (Å²) in [5, 5.41) is 19.3. The van der Waals surface area contributed by atoms with Crippen LogP contribution in [0.3, 0.4) is 0 Å². The van der Waals surface area contributed by atoms with E-state index < -0.39 is 22.5 Å². The molecule has 0 unspecified atom stereocenters. The van der Waals surface area contributed by atoms with Gasteiger partial charge in [-0.25, -0.2) is 0 Å². The third-order valence-electron chi connectivity index (χ3n) is 1.65. The predicted molar refractivity (Wildman–Crippen MR) is 43.7 cm³/mol. The Morgan fingerprint density at radius 3 is 2.69 bits per heavy atom. The Hall–Kier alpha value is -1.49. The summed E-state index contributed by atoms with van der Waals surface area (Å²) in [6.45, 7) is 1.35. The first-order chi connectivity index (χ1) is 6.04. The fourth-order valence-corrected chi connectivity index (χ4v) is 1.00. The molecule has 0 aliphatic rings. The molecule has 1 atom stereocenters. The molecular weight excluding hydrogens is 177 g/mol. The fraction of sp³-hybridized carbons (Fsp3) is 0.250. The zero-order valence-electron chi connectivity index (χ0n) is 6.90. The number of rotatable bonds is 2. The van der Waals surface area contributed by atoms with Crippen LogP contribution in [0.5, 0.6) is 0 Å². The highest BCUT2D eigenvalue weighted by atomic mass is 19.1. The molecule has 0 bridgehead atoms. The van der Waals surface area contributed by atoms with Crippen LogP contribution in [0, 0.1) is 15.9 Å². The second kappa shape index (κ2) is 3.49. The van der Waals surface area contributed by atoms with Gasteiger partial charge >= 0.3 is 5.69 Å². The van der Waals surface area contributed by atoms with Crippen LogP contribution in [-0.2, 0) is 0 Å². The summed E-state index contributed by atoms with van der Waals surface area (Å²) < 4.78 is 13.2. The van der Waals surface area contributed by atoms with Gasteiger partial charge < -0.3 is 5.11 Å². The summed E-state index contributed by atoms with van der Waals surface area (Å²) in [5.41, 5.74) is -0.674. The van der Waals surface area contributed by atoms with E-state index in [9.17, 15) is 14.5 Å². The Balaban J connectivity index is 3.26. The number of aliphatic hydroxyl groups excluding tert-OH is 1. The minimum absolute atomic E-state index is 0.0609. The molecule has 5 heteroatoms. The molecule has 1 aromatic carbocycles. The fourth-order valence-electron chi connectivity index (χ4n) is 1.00. The molecule has 0 aliphatic heterocycles. The number of hydrogen-bond acceptors (Lipinski definition) is 3. The van der Waals surface area contributed by atoms with E-state index in [-0.39, 0.29) is 5.56 Å². The van der Waals surface area contributed by atoms with Crippen molar-refractivity contribution >= 4 is 5.69 Å². The second-order valence-corrected chi connectivity index (χ2v) is 2.61. The number of nitro benzene ring substituents is 1. The van der Waals surface area contributed by atoms with Crippen molar-refractivity contribution in [3.8, 4) is 0 Å². The molecule has 13 heavy (non-hydrogen) atoms. The molecular formula is C8H8FNO3. The summed E-state index contributed by atoms with van der Waals surface area (Å²) in [7, 11) is 0. The summed E-state index contributed by atoms with van der Waals surface area (Å²) in [6, 6.07) is 3.71. The van der Waals surface area contributed by atoms with Crippen molar-refractivity contribution in [3.05, 3.63) is 39.7 Å². The van der Waals surface area contributed by atoms with Gasteiger partial charge in [-0.1, -0.05) is 12.1 Å². The molecule has 0 heterocycles. The summed E-state index contributed by atoms with van der Waals surface area (Å²) >= 11 is 0. The molecule has 70 valence electrons. The van der Waals surface area contributed by atoms with Gasteiger partial charge in [-0.3, -0.25) is 10.1 Å². The first kappa shape index (κ1) is 9.60. The maximum atomic E-state index is 13.2. The lowest BCUT2D eigenvalue weighted by atomic mass is 10.1. The molecule has 0 radical (unpaired) electrons. The van der Waals surface area contributed by atoms with Gasteiger partial charge in [0, 0.05) is 11.6 Å². The third kappa shape index (κ3) is 1.81. The first-order valence-corrected chi connectivity index (χ1v) is 3.65. The highest BCUT2D eigenvalue weighted by Gasteiger charge is 2.19. The van der Waals surface area contributed by atoms with Crippen LogP contribution in [0.25, 0.3) is 0 Å². The van der Waals surface area contributed by atoms with Crippen molar-refractivity contribution in [2.24, 2.45) is 0 Å². The number of benzene rings is 1. The molecule has 0 saturated carbocycles. The topological polar surface area (TPSA) is 63.4 Å². The predicted octanol–water partition coefficient (Wildman–Crippen LogP) is 1.79. The van der Waals surface area contributed by atoms with Crippen LogP contribution in [-0.4, -0.2) is 10.0 Å².